The molecule has 6 nitrogen and oxygen atoms in total. The van der Waals surface area contributed by atoms with Crippen molar-refractivity contribution in [3.63, 3.8) is 0 Å². The molecule has 0 aromatic heterocycles. The molecule has 1 unspecified atom stereocenters. The monoisotopic (exact) mass is 313 g/mol. The van der Waals surface area contributed by atoms with E-state index in [1.54, 1.807) is 0 Å². The van der Waals surface area contributed by atoms with Gasteiger partial charge in [0, 0.05) is 19.8 Å². The first-order valence-electron chi connectivity index (χ1n) is 6.83. The van der Waals surface area contributed by atoms with Crippen LogP contribution in [-0.2, 0) is 20.5 Å². The number of carboxylic acid groups (broad SMARTS) is 1. The fourth-order valence-corrected chi connectivity index (χ4v) is 3.41. The Morgan fingerprint density at radius 2 is 2.05 bits per heavy atom. The lowest BCUT2D eigenvalue weighted by atomic mass is 10.1. The van der Waals surface area contributed by atoms with Gasteiger partial charge in [-0.1, -0.05) is 12.1 Å². The molecular formula is C14H19NO5S. The molecule has 0 saturated carbocycles. The summed E-state index contributed by atoms with van der Waals surface area (Å²) >= 11 is 0. The maximum absolute atomic E-state index is 11.9. The van der Waals surface area contributed by atoms with Gasteiger partial charge in [-0.15, -0.1) is 0 Å². The third-order valence-corrected chi connectivity index (χ3v) is 4.81. The molecule has 1 aliphatic heterocycles. The van der Waals surface area contributed by atoms with Crippen LogP contribution in [-0.4, -0.2) is 39.3 Å². The van der Waals surface area contributed by atoms with E-state index in [1.165, 1.54) is 24.3 Å². The number of carboxylic acids is 1. The van der Waals surface area contributed by atoms with Crippen LogP contribution in [0.3, 0.4) is 0 Å². The summed E-state index contributed by atoms with van der Waals surface area (Å²) in [6, 6.07) is 5.85. The number of benzene rings is 1. The molecule has 1 saturated heterocycles. The summed E-state index contributed by atoms with van der Waals surface area (Å²) in [4.78, 5) is 10.7. The molecule has 21 heavy (non-hydrogen) atoms. The van der Waals surface area contributed by atoms with Crippen LogP contribution in [0.15, 0.2) is 24.3 Å². The highest BCUT2D eigenvalue weighted by Gasteiger charge is 2.17. The van der Waals surface area contributed by atoms with Crippen molar-refractivity contribution in [2.45, 2.75) is 18.6 Å². The van der Waals surface area contributed by atoms with Crippen LogP contribution in [0.4, 0.5) is 0 Å². The van der Waals surface area contributed by atoms with Crippen LogP contribution < -0.4 is 4.72 Å². The Morgan fingerprint density at radius 3 is 2.62 bits per heavy atom. The van der Waals surface area contributed by atoms with Gasteiger partial charge in [-0.05, 0) is 36.5 Å². The van der Waals surface area contributed by atoms with Gasteiger partial charge in [0.1, 0.15) is 0 Å². The molecule has 116 valence electrons. The SMILES string of the molecule is O=C(O)c1ccc(CS(=O)(=O)NCCC2CCOC2)cc1. The van der Waals surface area contributed by atoms with Crippen LogP contribution in [0, 0.1) is 5.92 Å². The summed E-state index contributed by atoms with van der Waals surface area (Å²) in [6.07, 6.45) is 1.76. The topological polar surface area (TPSA) is 92.7 Å². The van der Waals surface area contributed by atoms with Crippen molar-refractivity contribution in [2.75, 3.05) is 19.8 Å². The summed E-state index contributed by atoms with van der Waals surface area (Å²) in [6.45, 7) is 1.87. The van der Waals surface area contributed by atoms with Gasteiger partial charge < -0.3 is 9.84 Å². The zero-order chi connectivity index (χ0) is 15.3. The second-order valence-corrected chi connectivity index (χ2v) is 6.98. The molecule has 2 rings (SSSR count). The molecule has 0 amide bonds. The Balaban J connectivity index is 1.83. The van der Waals surface area contributed by atoms with Crippen LogP contribution in [0.25, 0.3) is 0 Å². The van der Waals surface area contributed by atoms with Gasteiger partial charge in [0.05, 0.1) is 11.3 Å². The molecule has 0 spiro atoms. The molecule has 7 heteroatoms. The number of nitrogens with one attached hydrogen (secondary N) is 1. The molecule has 0 aliphatic carbocycles. The lowest BCUT2D eigenvalue weighted by molar-refractivity contribution is 0.0697. The third-order valence-electron chi connectivity index (χ3n) is 3.46. The number of carbonyl (C=O) groups is 1. The summed E-state index contributed by atoms with van der Waals surface area (Å²) in [5.41, 5.74) is 0.710. The van der Waals surface area contributed by atoms with Crippen molar-refractivity contribution >= 4 is 16.0 Å². The minimum atomic E-state index is -3.40. The molecule has 1 heterocycles. The smallest absolute Gasteiger partial charge is 0.335 e. The first-order chi connectivity index (χ1) is 9.96. The second-order valence-electron chi connectivity index (χ2n) is 5.17. The van der Waals surface area contributed by atoms with E-state index >= 15 is 0 Å². The lowest BCUT2D eigenvalue weighted by Crippen LogP contribution is -2.27. The first-order valence-corrected chi connectivity index (χ1v) is 8.49. The van der Waals surface area contributed by atoms with Crippen molar-refractivity contribution in [3.05, 3.63) is 35.4 Å². The quantitative estimate of drug-likeness (QED) is 0.790. The van der Waals surface area contributed by atoms with E-state index in [9.17, 15) is 13.2 Å². The second kappa shape index (κ2) is 7.02. The van der Waals surface area contributed by atoms with Crippen molar-refractivity contribution in [2.24, 2.45) is 5.92 Å². The first kappa shape index (κ1) is 15.9. The summed E-state index contributed by atoms with van der Waals surface area (Å²) in [5.74, 6) is -0.738. The van der Waals surface area contributed by atoms with Gasteiger partial charge in [-0.3, -0.25) is 0 Å². The molecule has 1 aliphatic rings. The predicted octanol–water partition coefficient (Wildman–Crippen LogP) is 1.23. The van der Waals surface area contributed by atoms with E-state index < -0.39 is 16.0 Å². The fourth-order valence-electron chi connectivity index (χ4n) is 2.24. The summed E-state index contributed by atoms with van der Waals surface area (Å²) < 4.78 is 31.7. The van der Waals surface area contributed by atoms with Crippen LogP contribution >= 0.6 is 0 Å². The van der Waals surface area contributed by atoms with Crippen molar-refractivity contribution in [1.29, 1.82) is 0 Å². The maximum Gasteiger partial charge on any atom is 0.335 e. The highest BCUT2D eigenvalue weighted by molar-refractivity contribution is 7.88. The minimum Gasteiger partial charge on any atom is -0.478 e. The Bertz CT molecular complexity index is 576. The van der Waals surface area contributed by atoms with Crippen LogP contribution in [0.1, 0.15) is 28.8 Å². The average Bonchev–Trinajstić information content (AvgIpc) is 2.91. The normalized spacial score (nSPS) is 18.8. The number of rotatable bonds is 7. The Morgan fingerprint density at radius 1 is 1.33 bits per heavy atom. The van der Waals surface area contributed by atoms with Gasteiger partial charge in [0.15, 0.2) is 0 Å². The van der Waals surface area contributed by atoms with E-state index in [1.807, 2.05) is 0 Å². The summed E-state index contributed by atoms with van der Waals surface area (Å²) in [7, 11) is -3.40. The van der Waals surface area contributed by atoms with E-state index in [4.69, 9.17) is 9.84 Å². The molecule has 1 atom stereocenters. The third kappa shape index (κ3) is 5.11. The standard InChI is InChI=1S/C14H19NO5S/c16-14(17)13-3-1-12(2-4-13)10-21(18,19)15-7-5-11-6-8-20-9-11/h1-4,11,15H,5-10H2,(H,16,17). The molecule has 1 aromatic rings. The number of aromatic carboxylic acids is 1. The summed E-state index contributed by atoms with van der Waals surface area (Å²) in [5, 5.41) is 8.79. The van der Waals surface area contributed by atoms with Gasteiger partial charge in [-0.2, -0.15) is 0 Å². The molecule has 2 N–H and O–H groups in total. The minimum absolute atomic E-state index is 0.144. The highest BCUT2D eigenvalue weighted by Crippen LogP contribution is 2.15. The van der Waals surface area contributed by atoms with E-state index in [-0.39, 0.29) is 11.3 Å². The van der Waals surface area contributed by atoms with E-state index in [0.29, 0.717) is 24.6 Å². The number of hydrogen-bond donors (Lipinski definition) is 2. The van der Waals surface area contributed by atoms with E-state index in [2.05, 4.69) is 4.72 Å². The number of sulfonamides is 1. The molecule has 0 bridgehead atoms. The number of ether oxygens (including phenoxy) is 1. The van der Waals surface area contributed by atoms with Gasteiger partial charge in [0.2, 0.25) is 10.0 Å². The largest absolute Gasteiger partial charge is 0.478 e. The average molecular weight is 313 g/mol. The zero-order valence-corrected chi connectivity index (χ0v) is 12.4. The zero-order valence-electron chi connectivity index (χ0n) is 11.6. The van der Waals surface area contributed by atoms with Crippen molar-refractivity contribution < 1.29 is 23.1 Å². The number of hydrogen-bond acceptors (Lipinski definition) is 4. The van der Waals surface area contributed by atoms with E-state index in [0.717, 1.165) is 19.4 Å². The Labute approximate surface area is 124 Å². The molecule has 1 fully saturated rings. The molecular weight excluding hydrogens is 294 g/mol. The maximum atomic E-state index is 11.9. The van der Waals surface area contributed by atoms with Crippen molar-refractivity contribution in [3.8, 4) is 0 Å². The highest BCUT2D eigenvalue weighted by atomic mass is 32.2. The van der Waals surface area contributed by atoms with Gasteiger partial charge >= 0.3 is 5.97 Å². The van der Waals surface area contributed by atoms with Crippen LogP contribution in [0.2, 0.25) is 0 Å². The fraction of sp³-hybridized carbons (Fsp3) is 0.500. The van der Waals surface area contributed by atoms with Gasteiger partial charge in [-0.25, -0.2) is 17.9 Å². The van der Waals surface area contributed by atoms with Gasteiger partial charge in [0.25, 0.3) is 0 Å². The molecule has 1 aromatic carbocycles. The Hall–Kier alpha value is -1.44. The van der Waals surface area contributed by atoms with Crippen LogP contribution in [0.5, 0.6) is 0 Å². The van der Waals surface area contributed by atoms with Crippen molar-refractivity contribution in [1.82, 2.24) is 4.72 Å². The Kier molecular flexibility index (Phi) is 5.33. The predicted molar refractivity (Wildman–Crippen MR) is 77.6 cm³/mol. The lowest BCUT2D eigenvalue weighted by Gasteiger charge is -2.09. The molecule has 0 radical (unpaired) electrons.